The summed E-state index contributed by atoms with van der Waals surface area (Å²) in [7, 11) is 0. The predicted molar refractivity (Wildman–Crippen MR) is 63.0 cm³/mol. The molecule has 0 saturated carbocycles. The average Bonchev–Trinajstić information content (AvgIpc) is 2.32. The molecule has 0 aliphatic carbocycles. The second-order valence-corrected chi connectivity index (χ2v) is 5.73. The zero-order valence-electron chi connectivity index (χ0n) is 8.00. The molecule has 1 rings (SSSR count). The van der Waals surface area contributed by atoms with Gasteiger partial charge in [-0.15, -0.1) is 23.7 Å². The van der Waals surface area contributed by atoms with Crippen LogP contribution in [0, 0.1) is 5.41 Å². The van der Waals surface area contributed by atoms with E-state index in [9.17, 15) is 0 Å². The topological polar surface area (TPSA) is 26.0 Å². The molecule has 0 unspecified atom stereocenters. The summed E-state index contributed by atoms with van der Waals surface area (Å²) in [5, 5.41) is 0. The molecule has 2 N–H and O–H groups in total. The molecule has 0 radical (unpaired) electrons. The van der Waals surface area contributed by atoms with Crippen LogP contribution in [0.15, 0.2) is 12.1 Å². The Labute approximate surface area is 94.7 Å². The maximum atomic E-state index is 6.04. The third-order valence-corrected chi connectivity index (χ3v) is 3.15. The number of rotatable bonds is 1. The first-order valence-corrected chi connectivity index (χ1v) is 5.11. The van der Waals surface area contributed by atoms with Crippen molar-refractivity contribution >= 4 is 35.3 Å². The lowest BCUT2D eigenvalue weighted by Crippen LogP contribution is -2.25. The maximum absolute atomic E-state index is 6.04. The molecular formula is C9H15Cl2NS. The van der Waals surface area contributed by atoms with Gasteiger partial charge in [-0.3, -0.25) is 0 Å². The van der Waals surface area contributed by atoms with Crippen molar-refractivity contribution in [3.8, 4) is 0 Å². The molecular weight excluding hydrogens is 225 g/mol. The lowest BCUT2D eigenvalue weighted by molar-refractivity contribution is 0.331. The molecule has 0 aliphatic rings. The normalized spacial score (nSPS) is 13.6. The molecule has 13 heavy (non-hydrogen) atoms. The van der Waals surface area contributed by atoms with Crippen LogP contribution in [0.4, 0.5) is 0 Å². The van der Waals surface area contributed by atoms with Gasteiger partial charge < -0.3 is 5.73 Å². The minimum atomic E-state index is 0. The Bertz CT molecular complexity index is 265. The van der Waals surface area contributed by atoms with Gasteiger partial charge in [0, 0.05) is 10.9 Å². The lowest BCUT2D eigenvalue weighted by Gasteiger charge is -2.25. The van der Waals surface area contributed by atoms with Gasteiger partial charge in [0.1, 0.15) is 0 Å². The Kier molecular flexibility index (Phi) is 4.73. The van der Waals surface area contributed by atoms with Crippen molar-refractivity contribution < 1.29 is 0 Å². The summed E-state index contributed by atoms with van der Waals surface area (Å²) in [6.07, 6.45) is 0. The monoisotopic (exact) mass is 239 g/mol. The molecule has 0 fully saturated rings. The Morgan fingerprint density at radius 1 is 1.38 bits per heavy atom. The summed E-state index contributed by atoms with van der Waals surface area (Å²) in [6, 6.07) is 3.98. The quantitative estimate of drug-likeness (QED) is 0.792. The molecule has 0 aliphatic heterocycles. The molecule has 0 saturated heterocycles. The van der Waals surface area contributed by atoms with E-state index in [1.165, 1.54) is 0 Å². The van der Waals surface area contributed by atoms with Gasteiger partial charge in [-0.05, 0) is 17.5 Å². The molecule has 1 nitrogen and oxygen atoms in total. The predicted octanol–water partition coefficient (Wildman–Crippen LogP) is 3.87. The second kappa shape index (κ2) is 4.65. The highest BCUT2D eigenvalue weighted by Gasteiger charge is 2.23. The highest BCUT2D eigenvalue weighted by atomic mass is 35.5. The molecule has 76 valence electrons. The number of halogens is 2. The molecule has 4 heteroatoms. The zero-order chi connectivity index (χ0) is 9.35. The van der Waals surface area contributed by atoms with Crippen molar-refractivity contribution in [2.45, 2.75) is 26.8 Å². The van der Waals surface area contributed by atoms with Crippen molar-refractivity contribution in [3.05, 3.63) is 21.3 Å². The first-order valence-electron chi connectivity index (χ1n) is 3.92. The summed E-state index contributed by atoms with van der Waals surface area (Å²) >= 11 is 7.38. The molecule has 1 heterocycles. The number of thiophene rings is 1. The van der Waals surface area contributed by atoms with Crippen LogP contribution < -0.4 is 5.73 Å². The van der Waals surface area contributed by atoms with Gasteiger partial charge in [0.25, 0.3) is 0 Å². The zero-order valence-corrected chi connectivity index (χ0v) is 10.4. The van der Waals surface area contributed by atoms with Crippen molar-refractivity contribution in [2.75, 3.05) is 0 Å². The van der Waals surface area contributed by atoms with Crippen molar-refractivity contribution in [3.63, 3.8) is 0 Å². The Balaban J connectivity index is 0.00000144. The summed E-state index contributed by atoms with van der Waals surface area (Å²) in [4.78, 5) is 1.16. The van der Waals surface area contributed by atoms with Crippen LogP contribution in [0.1, 0.15) is 31.7 Å². The van der Waals surface area contributed by atoms with Crippen LogP contribution in [0.5, 0.6) is 0 Å². The lowest BCUT2D eigenvalue weighted by atomic mass is 9.87. The van der Waals surface area contributed by atoms with E-state index < -0.39 is 0 Å². The third kappa shape index (κ3) is 3.47. The molecule has 0 bridgehead atoms. The first kappa shape index (κ1) is 13.2. The fourth-order valence-electron chi connectivity index (χ4n) is 0.922. The van der Waals surface area contributed by atoms with E-state index in [-0.39, 0.29) is 23.9 Å². The van der Waals surface area contributed by atoms with E-state index in [2.05, 4.69) is 20.8 Å². The van der Waals surface area contributed by atoms with Crippen LogP contribution >= 0.6 is 35.3 Å². The first-order chi connectivity index (χ1) is 5.41. The number of hydrogen-bond acceptors (Lipinski definition) is 2. The van der Waals surface area contributed by atoms with Crippen LogP contribution in [-0.2, 0) is 0 Å². The Morgan fingerprint density at radius 2 is 1.92 bits per heavy atom. The van der Waals surface area contributed by atoms with E-state index in [0.29, 0.717) is 0 Å². The van der Waals surface area contributed by atoms with Crippen molar-refractivity contribution in [2.24, 2.45) is 11.1 Å². The molecule has 0 spiro atoms. The average molecular weight is 240 g/mol. The van der Waals surface area contributed by atoms with Gasteiger partial charge in [0.15, 0.2) is 0 Å². The maximum Gasteiger partial charge on any atom is 0.0931 e. The standard InChI is InChI=1S/C9H14ClNS.ClH/c1-9(2,3)8(11)6-4-5-7(10)12-6;/h4-5,8H,11H2,1-3H3;1H/t8-;/m1./s1. The van der Waals surface area contributed by atoms with E-state index in [4.69, 9.17) is 17.3 Å². The molecule has 1 atom stereocenters. The smallest absolute Gasteiger partial charge is 0.0931 e. The van der Waals surface area contributed by atoms with Gasteiger partial charge in [-0.1, -0.05) is 32.4 Å². The van der Waals surface area contributed by atoms with Crippen LogP contribution in [0.25, 0.3) is 0 Å². The summed E-state index contributed by atoms with van der Waals surface area (Å²) < 4.78 is 0.810. The van der Waals surface area contributed by atoms with Crippen LogP contribution in [0.2, 0.25) is 4.34 Å². The molecule has 0 aromatic carbocycles. The molecule has 1 aromatic rings. The summed E-state index contributed by atoms with van der Waals surface area (Å²) in [6.45, 7) is 6.39. The van der Waals surface area contributed by atoms with E-state index in [0.717, 1.165) is 9.21 Å². The SMILES string of the molecule is CC(C)(C)[C@H](N)c1ccc(Cl)s1.Cl. The van der Waals surface area contributed by atoms with Gasteiger partial charge >= 0.3 is 0 Å². The second-order valence-electron chi connectivity index (χ2n) is 3.99. The Morgan fingerprint density at radius 3 is 2.23 bits per heavy atom. The van der Waals surface area contributed by atoms with Gasteiger partial charge in [0.05, 0.1) is 4.34 Å². The van der Waals surface area contributed by atoms with Crippen molar-refractivity contribution in [1.82, 2.24) is 0 Å². The fourth-order valence-corrected chi connectivity index (χ4v) is 2.23. The van der Waals surface area contributed by atoms with Crippen LogP contribution in [-0.4, -0.2) is 0 Å². The highest BCUT2D eigenvalue weighted by molar-refractivity contribution is 7.16. The van der Waals surface area contributed by atoms with E-state index >= 15 is 0 Å². The van der Waals surface area contributed by atoms with Gasteiger partial charge in [-0.2, -0.15) is 0 Å². The van der Waals surface area contributed by atoms with Gasteiger partial charge in [-0.25, -0.2) is 0 Å². The molecule has 1 aromatic heterocycles. The molecule has 0 amide bonds. The van der Waals surface area contributed by atoms with E-state index in [1.54, 1.807) is 11.3 Å². The van der Waals surface area contributed by atoms with Gasteiger partial charge in [0.2, 0.25) is 0 Å². The highest BCUT2D eigenvalue weighted by Crippen LogP contribution is 2.35. The van der Waals surface area contributed by atoms with Crippen molar-refractivity contribution in [1.29, 1.82) is 0 Å². The fraction of sp³-hybridized carbons (Fsp3) is 0.556. The minimum absolute atomic E-state index is 0. The number of hydrogen-bond donors (Lipinski definition) is 1. The minimum Gasteiger partial charge on any atom is -0.323 e. The summed E-state index contributed by atoms with van der Waals surface area (Å²) in [5.41, 5.74) is 6.14. The van der Waals surface area contributed by atoms with Crippen LogP contribution in [0.3, 0.4) is 0 Å². The summed E-state index contributed by atoms with van der Waals surface area (Å²) in [5.74, 6) is 0. The van der Waals surface area contributed by atoms with E-state index in [1.807, 2.05) is 12.1 Å². The largest absolute Gasteiger partial charge is 0.323 e. The Hall–Kier alpha value is 0.240. The third-order valence-electron chi connectivity index (χ3n) is 1.83. The number of nitrogens with two attached hydrogens (primary N) is 1.